The van der Waals surface area contributed by atoms with Crippen LogP contribution in [-0.4, -0.2) is 42.6 Å². The maximum atomic E-state index is 11.8. The van der Waals surface area contributed by atoms with Crippen molar-refractivity contribution in [1.82, 2.24) is 4.90 Å². The summed E-state index contributed by atoms with van der Waals surface area (Å²) in [6.45, 7) is 7.73. The zero-order chi connectivity index (χ0) is 12.1. The van der Waals surface area contributed by atoms with Crippen molar-refractivity contribution in [2.45, 2.75) is 45.8 Å². The number of amides is 1. The van der Waals surface area contributed by atoms with Crippen LogP contribution in [0.5, 0.6) is 0 Å². The summed E-state index contributed by atoms with van der Waals surface area (Å²) in [5.74, 6) is 0.538. The Bertz CT molecular complexity index is 229. The highest BCUT2D eigenvalue weighted by Gasteiger charge is 2.25. The Morgan fingerprint density at radius 2 is 2.19 bits per heavy atom. The largest absolute Gasteiger partial charge is 0.369 e. The average molecular weight is 228 g/mol. The number of rotatable bonds is 4. The Kier molecular flexibility index (Phi) is 5.22. The molecule has 0 aromatic carbocycles. The number of nitrogens with zero attached hydrogens (tertiary/aromatic N) is 1. The van der Waals surface area contributed by atoms with Crippen molar-refractivity contribution in [3.63, 3.8) is 0 Å². The Morgan fingerprint density at radius 3 is 2.75 bits per heavy atom. The number of hydrogen-bond donors (Lipinski definition) is 1. The second-order valence-corrected chi connectivity index (χ2v) is 4.96. The number of piperidine rings is 1. The first-order valence-corrected chi connectivity index (χ1v) is 6.15. The molecule has 2 unspecified atom stereocenters. The lowest BCUT2D eigenvalue weighted by Crippen LogP contribution is -2.46. The van der Waals surface area contributed by atoms with E-state index >= 15 is 0 Å². The Morgan fingerprint density at radius 1 is 1.50 bits per heavy atom. The van der Waals surface area contributed by atoms with Gasteiger partial charge >= 0.3 is 0 Å². The molecule has 1 amide bonds. The molecule has 4 heteroatoms. The predicted octanol–water partition coefficient (Wildman–Crippen LogP) is 0.997. The normalized spacial score (nSPS) is 23.6. The van der Waals surface area contributed by atoms with Crippen LogP contribution in [0.1, 0.15) is 33.6 Å². The van der Waals surface area contributed by atoms with Crippen LogP contribution in [0.25, 0.3) is 0 Å². The van der Waals surface area contributed by atoms with E-state index in [1.807, 2.05) is 25.7 Å². The van der Waals surface area contributed by atoms with Crippen LogP contribution in [0.4, 0.5) is 0 Å². The van der Waals surface area contributed by atoms with Gasteiger partial charge in [0.15, 0.2) is 0 Å². The van der Waals surface area contributed by atoms with Gasteiger partial charge < -0.3 is 15.4 Å². The fourth-order valence-corrected chi connectivity index (χ4v) is 1.99. The van der Waals surface area contributed by atoms with Crippen LogP contribution >= 0.6 is 0 Å². The summed E-state index contributed by atoms with van der Waals surface area (Å²) in [7, 11) is 0. The van der Waals surface area contributed by atoms with Gasteiger partial charge in [0.1, 0.15) is 6.61 Å². The lowest BCUT2D eigenvalue weighted by atomic mass is 9.92. The highest BCUT2D eigenvalue weighted by atomic mass is 16.5. The highest BCUT2D eigenvalue weighted by Crippen LogP contribution is 2.18. The summed E-state index contributed by atoms with van der Waals surface area (Å²) in [5, 5.41) is 0. The Labute approximate surface area is 98.1 Å². The Balaban J connectivity index is 2.38. The number of ether oxygens (including phenoxy) is 1. The number of nitrogens with two attached hydrogens (primary N) is 1. The predicted molar refractivity (Wildman–Crippen MR) is 64.0 cm³/mol. The number of carbonyl (C=O) groups excluding carboxylic acids is 1. The fourth-order valence-electron chi connectivity index (χ4n) is 1.99. The molecule has 1 heterocycles. The minimum absolute atomic E-state index is 0.0963. The SMILES string of the molecule is CC(C)OCC(=O)N1CCCC(C(C)N)C1. The van der Waals surface area contributed by atoms with Crippen LogP contribution in [0.3, 0.4) is 0 Å². The maximum Gasteiger partial charge on any atom is 0.248 e. The molecule has 1 aliphatic rings. The van der Waals surface area contributed by atoms with E-state index in [9.17, 15) is 4.79 Å². The molecule has 0 bridgehead atoms. The minimum Gasteiger partial charge on any atom is -0.369 e. The standard InChI is InChI=1S/C12H24N2O2/c1-9(2)16-8-12(15)14-6-4-5-11(7-14)10(3)13/h9-11H,4-8,13H2,1-3H3. The van der Waals surface area contributed by atoms with Gasteiger partial charge in [-0.25, -0.2) is 0 Å². The van der Waals surface area contributed by atoms with E-state index in [4.69, 9.17) is 10.5 Å². The van der Waals surface area contributed by atoms with Gasteiger partial charge in [-0.15, -0.1) is 0 Å². The summed E-state index contributed by atoms with van der Waals surface area (Å²) in [5.41, 5.74) is 5.88. The molecule has 1 rings (SSSR count). The molecule has 94 valence electrons. The molecule has 2 atom stereocenters. The van der Waals surface area contributed by atoms with Crippen LogP contribution < -0.4 is 5.73 Å². The summed E-state index contributed by atoms with van der Waals surface area (Å²) < 4.78 is 5.33. The second kappa shape index (κ2) is 6.21. The van der Waals surface area contributed by atoms with Crippen LogP contribution in [-0.2, 0) is 9.53 Å². The van der Waals surface area contributed by atoms with Gasteiger partial charge in [-0.2, -0.15) is 0 Å². The van der Waals surface area contributed by atoms with Gasteiger partial charge in [-0.05, 0) is 39.5 Å². The van der Waals surface area contributed by atoms with Crippen LogP contribution in [0.2, 0.25) is 0 Å². The van der Waals surface area contributed by atoms with Crippen molar-refractivity contribution < 1.29 is 9.53 Å². The third-order valence-electron chi connectivity index (χ3n) is 3.09. The summed E-state index contributed by atoms with van der Waals surface area (Å²) in [6, 6.07) is 0.168. The van der Waals surface area contributed by atoms with Crippen molar-refractivity contribution in [1.29, 1.82) is 0 Å². The fraction of sp³-hybridized carbons (Fsp3) is 0.917. The van der Waals surface area contributed by atoms with Gasteiger partial charge in [-0.3, -0.25) is 4.79 Å². The molecule has 16 heavy (non-hydrogen) atoms. The molecule has 0 aromatic rings. The number of carbonyl (C=O) groups is 1. The average Bonchev–Trinajstić information content (AvgIpc) is 2.26. The molecule has 1 fully saturated rings. The molecular formula is C12H24N2O2. The molecule has 0 spiro atoms. The molecular weight excluding hydrogens is 204 g/mol. The van der Waals surface area contributed by atoms with E-state index in [0.29, 0.717) is 5.92 Å². The van der Waals surface area contributed by atoms with Crippen molar-refractivity contribution in [3.05, 3.63) is 0 Å². The summed E-state index contributed by atoms with van der Waals surface area (Å²) >= 11 is 0. The zero-order valence-corrected chi connectivity index (χ0v) is 10.6. The van der Waals surface area contributed by atoms with Gasteiger partial charge in [0.2, 0.25) is 5.91 Å². The van der Waals surface area contributed by atoms with Crippen LogP contribution in [0.15, 0.2) is 0 Å². The van der Waals surface area contributed by atoms with E-state index in [-0.39, 0.29) is 24.7 Å². The van der Waals surface area contributed by atoms with E-state index in [1.165, 1.54) is 0 Å². The maximum absolute atomic E-state index is 11.8. The first-order valence-electron chi connectivity index (χ1n) is 6.15. The van der Waals surface area contributed by atoms with Gasteiger partial charge in [0.25, 0.3) is 0 Å². The molecule has 4 nitrogen and oxygen atoms in total. The van der Waals surface area contributed by atoms with Gasteiger partial charge in [0.05, 0.1) is 6.10 Å². The minimum atomic E-state index is 0.0963. The molecule has 0 saturated carbocycles. The summed E-state index contributed by atoms with van der Waals surface area (Å²) in [6.07, 6.45) is 2.30. The third-order valence-corrected chi connectivity index (χ3v) is 3.09. The smallest absolute Gasteiger partial charge is 0.248 e. The topological polar surface area (TPSA) is 55.6 Å². The van der Waals surface area contributed by atoms with Gasteiger partial charge in [-0.1, -0.05) is 0 Å². The van der Waals surface area contributed by atoms with Crippen molar-refractivity contribution >= 4 is 5.91 Å². The third kappa shape index (κ3) is 4.10. The van der Waals surface area contributed by atoms with Crippen molar-refractivity contribution in [2.24, 2.45) is 11.7 Å². The molecule has 1 aliphatic heterocycles. The molecule has 0 aliphatic carbocycles. The van der Waals surface area contributed by atoms with E-state index < -0.39 is 0 Å². The molecule has 0 aromatic heterocycles. The van der Waals surface area contributed by atoms with Crippen molar-refractivity contribution in [2.75, 3.05) is 19.7 Å². The first-order chi connectivity index (χ1) is 7.50. The molecule has 2 N–H and O–H groups in total. The lowest BCUT2D eigenvalue weighted by Gasteiger charge is -2.34. The monoisotopic (exact) mass is 228 g/mol. The lowest BCUT2D eigenvalue weighted by molar-refractivity contribution is -0.139. The number of likely N-dealkylation sites (tertiary alicyclic amines) is 1. The Hall–Kier alpha value is -0.610. The summed E-state index contributed by atoms with van der Waals surface area (Å²) in [4.78, 5) is 13.7. The van der Waals surface area contributed by atoms with Crippen molar-refractivity contribution in [3.8, 4) is 0 Å². The molecule has 0 radical (unpaired) electrons. The quantitative estimate of drug-likeness (QED) is 0.781. The first kappa shape index (κ1) is 13.5. The molecule has 1 saturated heterocycles. The van der Waals surface area contributed by atoms with E-state index in [2.05, 4.69) is 0 Å². The van der Waals surface area contributed by atoms with E-state index in [0.717, 1.165) is 25.9 Å². The second-order valence-electron chi connectivity index (χ2n) is 4.96. The highest BCUT2D eigenvalue weighted by molar-refractivity contribution is 5.77. The zero-order valence-electron chi connectivity index (χ0n) is 10.6. The van der Waals surface area contributed by atoms with Gasteiger partial charge in [0, 0.05) is 19.1 Å². The van der Waals surface area contributed by atoms with Crippen LogP contribution in [0, 0.1) is 5.92 Å². The van der Waals surface area contributed by atoms with E-state index in [1.54, 1.807) is 0 Å². The number of hydrogen-bond acceptors (Lipinski definition) is 3.